The molecule has 0 aliphatic rings. The number of hydrogen-bond acceptors (Lipinski definition) is 3. The molecular formula is C21H25ClN2O3. The number of methoxy groups -OCH3 is 1. The van der Waals surface area contributed by atoms with Gasteiger partial charge in [-0.15, -0.1) is 0 Å². The quantitative estimate of drug-likeness (QED) is 0.718. The molecule has 27 heavy (non-hydrogen) atoms. The Morgan fingerprint density at radius 2 is 1.81 bits per heavy atom. The molecule has 144 valence electrons. The smallest absolute Gasteiger partial charge is 0.224 e. The van der Waals surface area contributed by atoms with E-state index in [0.717, 1.165) is 23.3 Å². The van der Waals surface area contributed by atoms with Crippen LogP contribution >= 0.6 is 11.6 Å². The average molecular weight is 389 g/mol. The van der Waals surface area contributed by atoms with Gasteiger partial charge in [0, 0.05) is 31.6 Å². The van der Waals surface area contributed by atoms with E-state index in [9.17, 15) is 9.59 Å². The molecule has 0 aliphatic heterocycles. The van der Waals surface area contributed by atoms with Gasteiger partial charge >= 0.3 is 0 Å². The SMILES string of the molecule is COc1cccc(CCN(CCNC(=O)Cc2ccc(Cl)cc2)C(C)=O)c1. The van der Waals surface area contributed by atoms with Crippen LogP contribution in [0.5, 0.6) is 5.75 Å². The first-order chi connectivity index (χ1) is 13.0. The molecule has 0 unspecified atom stereocenters. The van der Waals surface area contributed by atoms with Crippen LogP contribution in [-0.2, 0) is 22.4 Å². The Hall–Kier alpha value is -2.53. The molecule has 5 nitrogen and oxygen atoms in total. The van der Waals surface area contributed by atoms with Crippen molar-refractivity contribution in [3.8, 4) is 5.75 Å². The average Bonchev–Trinajstić information content (AvgIpc) is 2.66. The van der Waals surface area contributed by atoms with E-state index >= 15 is 0 Å². The molecule has 0 spiro atoms. The fourth-order valence-electron chi connectivity index (χ4n) is 2.70. The molecule has 0 heterocycles. The summed E-state index contributed by atoms with van der Waals surface area (Å²) in [5.74, 6) is 0.717. The van der Waals surface area contributed by atoms with E-state index in [4.69, 9.17) is 16.3 Å². The van der Waals surface area contributed by atoms with Crippen LogP contribution in [0.25, 0.3) is 0 Å². The van der Waals surface area contributed by atoms with Crippen molar-refractivity contribution in [2.75, 3.05) is 26.7 Å². The third-order valence-electron chi connectivity index (χ3n) is 4.23. The summed E-state index contributed by atoms with van der Waals surface area (Å²) >= 11 is 5.84. The highest BCUT2D eigenvalue weighted by Gasteiger charge is 2.10. The molecule has 2 rings (SSSR count). The normalized spacial score (nSPS) is 10.3. The summed E-state index contributed by atoms with van der Waals surface area (Å²) in [7, 11) is 1.63. The van der Waals surface area contributed by atoms with Gasteiger partial charge in [0.2, 0.25) is 11.8 Å². The molecule has 2 amide bonds. The van der Waals surface area contributed by atoms with Crippen molar-refractivity contribution in [2.24, 2.45) is 0 Å². The number of nitrogens with zero attached hydrogens (tertiary/aromatic N) is 1. The van der Waals surface area contributed by atoms with E-state index in [0.29, 0.717) is 31.1 Å². The number of rotatable bonds is 9. The van der Waals surface area contributed by atoms with Gasteiger partial charge in [-0.2, -0.15) is 0 Å². The first-order valence-corrected chi connectivity index (χ1v) is 9.25. The minimum atomic E-state index is -0.0754. The zero-order valence-electron chi connectivity index (χ0n) is 15.7. The van der Waals surface area contributed by atoms with Crippen LogP contribution in [0.2, 0.25) is 5.02 Å². The van der Waals surface area contributed by atoms with E-state index in [1.54, 1.807) is 31.1 Å². The first-order valence-electron chi connectivity index (χ1n) is 8.87. The Balaban J connectivity index is 1.77. The zero-order valence-corrected chi connectivity index (χ0v) is 16.5. The summed E-state index contributed by atoms with van der Waals surface area (Å²) in [5, 5.41) is 3.51. The molecule has 0 saturated carbocycles. The Bertz CT molecular complexity index is 762. The molecule has 0 saturated heterocycles. The van der Waals surface area contributed by atoms with Gasteiger partial charge in [-0.3, -0.25) is 9.59 Å². The maximum atomic E-state index is 12.0. The monoisotopic (exact) mass is 388 g/mol. The summed E-state index contributed by atoms with van der Waals surface area (Å²) in [6, 6.07) is 15.0. The summed E-state index contributed by atoms with van der Waals surface area (Å²) < 4.78 is 5.22. The molecule has 0 bridgehead atoms. The van der Waals surface area contributed by atoms with Crippen LogP contribution in [0.15, 0.2) is 48.5 Å². The maximum Gasteiger partial charge on any atom is 0.224 e. The van der Waals surface area contributed by atoms with Crippen molar-refractivity contribution in [1.29, 1.82) is 0 Å². The first kappa shape index (κ1) is 20.8. The molecule has 0 atom stereocenters. The van der Waals surface area contributed by atoms with E-state index in [1.165, 1.54) is 0 Å². The van der Waals surface area contributed by atoms with Crippen LogP contribution in [0, 0.1) is 0 Å². The van der Waals surface area contributed by atoms with Crippen LogP contribution in [0.4, 0.5) is 0 Å². The molecule has 2 aromatic rings. The minimum absolute atomic E-state index is 0.00940. The van der Waals surface area contributed by atoms with Crippen molar-refractivity contribution < 1.29 is 14.3 Å². The fourth-order valence-corrected chi connectivity index (χ4v) is 2.83. The number of carbonyl (C=O) groups is 2. The van der Waals surface area contributed by atoms with Gasteiger partial charge in [-0.05, 0) is 41.8 Å². The predicted octanol–water partition coefficient (Wildman–Crippen LogP) is 3.10. The fraction of sp³-hybridized carbons (Fsp3) is 0.333. The van der Waals surface area contributed by atoms with Gasteiger partial charge in [0.1, 0.15) is 5.75 Å². The molecule has 2 aromatic carbocycles. The van der Waals surface area contributed by atoms with Crippen LogP contribution < -0.4 is 10.1 Å². The summed E-state index contributed by atoms with van der Waals surface area (Å²) in [6.07, 6.45) is 1.02. The molecule has 0 aromatic heterocycles. The van der Waals surface area contributed by atoms with E-state index in [1.807, 2.05) is 36.4 Å². The third kappa shape index (κ3) is 7.31. The van der Waals surface area contributed by atoms with Gasteiger partial charge in [-0.1, -0.05) is 35.9 Å². The van der Waals surface area contributed by atoms with Crippen molar-refractivity contribution >= 4 is 23.4 Å². The Labute approximate surface area is 165 Å². The topological polar surface area (TPSA) is 58.6 Å². The Morgan fingerprint density at radius 3 is 2.48 bits per heavy atom. The highest BCUT2D eigenvalue weighted by Crippen LogP contribution is 2.13. The van der Waals surface area contributed by atoms with Crippen LogP contribution in [-0.4, -0.2) is 43.5 Å². The van der Waals surface area contributed by atoms with Gasteiger partial charge in [0.25, 0.3) is 0 Å². The Kier molecular flexibility index (Phi) is 8.14. The lowest BCUT2D eigenvalue weighted by atomic mass is 10.1. The van der Waals surface area contributed by atoms with Gasteiger partial charge in [0.15, 0.2) is 0 Å². The second kappa shape index (κ2) is 10.6. The van der Waals surface area contributed by atoms with Gasteiger partial charge < -0.3 is 15.0 Å². The van der Waals surface area contributed by atoms with Gasteiger partial charge in [0.05, 0.1) is 13.5 Å². The molecular weight excluding hydrogens is 364 g/mol. The number of nitrogens with one attached hydrogen (secondary N) is 1. The molecule has 0 fully saturated rings. The summed E-state index contributed by atoms with van der Waals surface area (Å²) in [6.45, 7) is 3.03. The number of carbonyl (C=O) groups excluding carboxylic acids is 2. The van der Waals surface area contributed by atoms with E-state index in [2.05, 4.69) is 5.32 Å². The lowest BCUT2D eigenvalue weighted by Crippen LogP contribution is -2.39. The lowest BCUT2D eigenvalue weighted by molar-refractivity contribution is -0.129. The maximum absolute atomic E-state index is 12.0. The second-order valence-electron chi connectivity index (χ2n) is 6.26. The standard InChI is InChI=1S/C21H25ClN2O3/c1-16(25)24(12-10-17-4-3-5-20(14-17)27-2)13-11-23-21(26)15-18-6-8-19(22)9-7-18/h3-9,14H,10-13,15H2,1-2H3,(H,23,26). The minimum Gasteiger partial charge on any atom is -0.497 e. The van der Waals surface area contributed by atoms with E-state index < -0.39 is 0 Å². The Morgan fingerprint density at radius 1 is 1.07 bits per heavy atom. The number of amides is 2. The number of benzene rings is 2. The molecule has 0 aliphatic carbocycles. The van der Waals surface area contributed by atoms with Crippen molar-refractivity contribution in [3.63, 3.8) is 0 Å². The highest BCUT2D eigenvalue weighted by molar-refractivity contribution is 6.30. The second-order valence-corrected chi connectivity index (χ2v) is 6.70. The van der Waals surface area contributed by atoms with Crippen LogP contribution in [0.3, 0.4) is 0 Å². The summed E-state index contributed by atoms with van der Waals surface area (Å²) in [4.78, 5) is 25.6. The number of hydrogen-bond donors (Lipinski definition) is 1. The number of ether oxygens (including phenoxy) is 1. The third-order valence-corrected chi connectivity index (χ3v) is 4.48. The zero-order chi connectivity index (χ0) is 19.6. The van der Waals surface area contributed by atoms with Crippen LogP contribution in [0.1, 0.15) is 18.1 Å². The van der Waals surface area contributed by atoms with Gasteiger partial charge in [-0.25, -0.2) is 0 Å². The lowest BCUT2D eigenvalue weighted by Gasteiger charge is -2.21. The molecule has 0 radical (unpaired) electrons. The largest absolute Gasteiger partial charge is 0.497 e. The molecule has 6 heteroatoms. The highest BCUT2D eigenvalue weighted by atomic mass is 35.5. The predicted molar refractivity (Wildman–Crippen MR) is 107 cm³/mol. The van der Waals surface area contributed by atoms with E-state index in [-0.39, 0.29) is 11.8 Å². The van der Waals surface area contributed by atoms with Crippen molar-refractivity contribution in [1.82, 2.24) is 10.2 Å². The summed E-state index contributed by atoms with van der Waals surface area (Å²) in [5.41, 5.74) is 2.01. The van der Waals surface area contributed by atoms with Crippen molar-refractivity contribution in [2.45, 2.75) is 19.8 Å². The van der Waals surface area contributed by atoms with Crippen molar-refractivity contribution in [3.05, 3.63) is 64.7 Å². The number of halogens is 1. The molecule has 1 N–H and O–H groups in total.